The number of rotatable bonds is 8. The van der Waals surface area contributed by atoms with Crippen molar-refractivity contribution in [2.45, 2.75) is 13.0 Å². The summed E-state index contributed by atoms with van der Waals surface area (Å²) in [6, 6.07) is 27.3. The number of nitrogens with one attached hydrogen (secondary N) is 1. The first-order chi connectivity index (χ1) is 13.0. The third-order valence-corrected chi connectivity index (χ3v) is 5.63. The van der Waals surface area contributed by atoms with Crippen molar-refractivity contribution in [3.05, 3.63) is 96.1 Å². The highest BCUT2D eigenvalue weighted by Gasteiger charge is 2.11. The van der Waals surface area contributed by atoms with Crippen LogP contribution in [0, 0.1) is 0 Å². The Hall–Kier alpha value is -2.79. The van der Waals surface area contributed by atoms with Crippen molar-refractivity contribution in [3.63, 3.8) is 0 Å². The molecule has 0 aliphatic carbocycles. The summed E-state index contributed by atoms with van der Waals surface area (Å²) in [4.78, 5) is 2.13. The number of aryl methyl sites for hydroxylation is 1. The molecule has 0 aromatic heterocycles. The summed E-state index contributed by atoms with van der Waals surface area (Å²) in [5.41, 5.74) is 3.86. The van der Waals surface area contributed by atoms with Crippen LogP contribution in [0.5, 0.6) is 0 Å². The van der Waals surface area contributed by atoms with Crippen LogP contribution in [0.2, 0.25) is 0 Å². The lowest BCUT2D eigenvalue weighted by Gasteiger charge is -2.20. The molecule has 27 heavy (non-hydrogen) atoms. The summed E-state index contributed by atoms with van der Waals surface area (Å²) in [7, 11) is -1.36. The van der Waals surface area contributed by atoms with Crippen molar-refractivity contribution in [3.8, 4) is 0 Å². The standard InChI is InChI=1S/C22H24N2O2S/c1-24(18-20-10-6-3-7-11-20)22-14-12-21(13-15-22)23-27(25,26)17-16-19-8-4-2-5-9-19/h2-15,23H,16-18H2,1H3. The number of hydrogen-bond acceptors (Lipinski definition) is 3. The second-order valence-corrected chi connectivity index (χ2v) is 8.39. The molecule has 0 spiro atoms. The predicted molar refractivity (Wildman–Crippen MR) is 113 cm³/mol. The third kappa shape index (κ3) is 5.86. The Balaban J connectivity index is 1.58. The van der Waals surface area contributed by atoms with E-state index < -0.39 is 10.0 Å². The normalized spacial score (nSPS) is 11.1. The fraction of sp³-hybridized carbons (Fsp3) is 0.182. The van der Waals surface area contributed by atoms with Gasteiger partial charge in [0.2, 0.25) is 10.0 Å². The number of anilines is 2. The van der Waals surface area contributed by atoms with Gasteiger partial charge in [-0.3, -0.25) is 4.72 Å². The van der Waals surface area contributed by atoms with Crippen LogP contribution >= 0.6 is 0 Å². The summed E-state index contributed by atoms with van der Waals surface area (Å²) < 4.78 is 27.3. The fourth-order valence-corrected chi connectivity index (χ4v) is 3.96. The van der Waals surface area contributed by atoms with Crippen LogP contribution in [0.15, 0.2) is 84.9 Å². The van der Waals surface area contributed by atoms with Crippen molar-refractivity contribution in [2.24, 2.45) is 0 Å². The molecule has 0 radical (unpaired) electrons. The maximum Gasteiger partial charge on any atom is 0.233 e. The quantitative estimate of drug-likeness (QED) is 0.634. The average Bonchev–Trinajstić information content (AvgIpc) is 2.68. The van der Waals surface area contributed by atoms with Gasteiger partial charge in [0.05, 0.1) is 5.75 Å². The minimum atomic E-state index is -3.38. The van der Waals surface area contributed by atoms with Crippen molar-refractivity contribution in [2.75, 3.05) is 22.4 Å². The molecule has 0 aliphatic rings. The number of benzene rings is 3. The first-order valence-corrected chi connectivity index (χ1v) is 10.6. The number of hydrogen-bond donors (Lipinski definition) is 1. The van der Waals surface area contributed by atoms with Gasteiger partial charge in [-0.05, 0) is 41.8 Å². The van der Waals surface area contributed by atoms with E-state index in [-0.39, 0.29) is 5.75 Å². The first-order valence-electron chi connectivity index (χ1n) is 8.91. The summed E-state index contributed by atoms with van der Waals surface area (Å²) in [6.07, 6.45) is 0.494. The fourth-order valence-electron chi connectivity index (χ4n) is 2.86. The Morgan fingerprint density at radius 1 is 0.778 bits per heavy atom. The van der Waals surface area contributed by atoms with Gasteiger partial charge in [0.15, 0.2) is 0 Å². The van der Waals surface area contributed by atoms with Gasteiger partial charge in [-0.2, -0.15) is 0 Å². The molecule has 0 saturated heterocycles. The molecule has 140 valence electrons. The minimum absolute atomic E-state index is 0.0622. The molecule has 0 amide bonds. The van der Waals surface area contributed by atoms with Crippen LogP contribution in [0.3, 0.4) is 0 Å². The van der Waals surface area contributed by atoms with Gasteiger partial charge in [-0.15, -0.1) is 0 Å². The molecular formula is C22H24N2O2S. The molecule has 3 rings (SSSR count). The second-order valence-electron chi connectivity index (χ2n) is 6.55. The van der Waals surface area contributed by atoms with Crippen LogP contribution in [-0.2, 0) is 23.0 Å². The summed E-state index contributed by atoms with van der Waals surface area (Å²) in [5, 5.41) is 0. The molecule has 0 saturated carbocycles. The van der Waals surface area contributed by atoms with Gasteiger partial charge in [-0.1, -0.05) is 60.7 Å². The maximum absolute atomic E-state index is 12.3. The SMILES string of the molecule is CN(Cc1ccccc1)c1ccc(NS(=O)(=O)CCc2ccccc2)cc1. The second kappa shape index (κ2) is 8.73. The maximum atomic E-state index is 12.3. The van der Waals surface area contributed by atoms with E-state index in [9.17, 15) is 8.42 Å². The van der Waals surface area contributed by atoms with E-state index in [1.807, 2.05) is 67.7 Å². The van der Waals surface area contributed by atoms with Crippen LogP contribution in [0.1, 0.15) is 11.1 Å². The molecule has 5 heteroatoms. The van der Waals surface area contributed by atoms with E-state index in [1.54, 1.807) is 12.1 Å². The Morgan fingerprint density at radius 2 is 1.33 bits per heavy atom. The molecule has 0 heterocycles. The van der Waals surface area contributed by atoms with Gasteiger partial charge in [0.25, 0.3) is 0 Å². The van der Waals surface area contributed by atoms with Gasteiger partial charge in [0, 0.05) is 25.0 Å². The lowest BCUT2D eigenvalue weighted by Crippen LogP contribution is -2.19. The smallest absolute Gasteiger partial charge is 0.233 e. The Labute approximate surface area is 161 Å². The van der Waals surface area contributed by atoms with Crippen LogP contribution in [-0.4, -0.2) is 21.2 Å². The zero-order chi connectivity index (χ0) is 19.1. The average molecular weight is 381 g/mol. The van der Waals surface area contributed by atoms with Gasteiger partial charge < -0.3 is 4.90 Å². The Morgan fingerprint density at radius 3 is 1.93 bits per heavy atom. The zero-order valence-electron chi connectivity index (χ0n) is 15.4. The number of nitrogens with zero attached hydrogens (tertiary/aromatic N) is 1. The van der Waals surface area contributed by atoms with Crippen LogP contribution < -0.4 is 9.62 Å². The lowest BCUT2D eigenvalue weighted by atomic mass is 10.2. The van der Waals surface area contributed by atoms with E-state index in [1.165, 1.54) is 5.56 Å². The molecule has 0 aliphatic heterocycles. The topological polar surface area (TPSA) is 49.4 Å². The first kappa shape index (κ1) is 19.0. The molecule has 0 atom stereocenters. The van der Waals surface area contributed by atoms with Crippen LogP contribution in [0.4, 0.5) is 11.4 Å². The van der Waals surface area contributed by atoms with Gasteiger partial charge in [0.1, 0.15) is 0 Å². The molecule has 0 fully saturated rings. The van der Waals surface area contributed by atoms with E-state index in [4.69, 9.17) is 0 Å². The van der Waals surface area contributed by atoms with E-state index >= 15 is 0 Å². The lowest BCUT2D eigenvalue weighted by molar-refractivity contribution is 0.600. The van der Waals surface area contributed by atoms with E-state index in [2.05, 4.69) is 21.8 Å². The molecule has 3 aromatic carbocycles. The summed E-state index contributed by atoms with van der Waals surface area (Å²) in [6.45, 7) is 0.795. The monoisotopic (exact) mass is 380 g/mol. The third-order valence-electron chi connectivity index (χ3n) is 4.35. The summed E-state index contributed by atoms with van der Waals surface area (Å²) in [5.74, 6) is 0.0622. The van der Waals surface area contributed by atoms with Gasteiger partial charge in [-0.25, -0.2) is 8.42 Å². The highest BCUT2D eigenvalue weighted by Crippen LogP contribution is 2.19. The molecule has 0 bridgehead atoms. The van der Waals surface area contributed by atoms with Gasteiger partial charge >= 0.3 is 0 Å². The zero-order valence-corrected chi connectivity index (χ0v) is 16.2. The minimum Gasteiger partial charge on any atom is -0.370 e. The van der Waals surface area contributed by atoms with Crippen molar-refractivity contribution < 1.29 is 8.42 Å². The molecule has 4 nitrogen and oxygen atoms in total. The Kier molecular flexibility index (Phi) is 6.14. The molecular weight excluding hydrogens is 356 g/mol. The number of sulfonamides is 1. The van der Waals surface area contributed by atoms with Crippen molar-refractivity contribution >= 4 is 21.4 Å². The highest BCUT2D eigenvalue weighted by atomic mass is 32.2. The van der Waals surface area contributed by atoms with Crippen molar-refractivity contribution in [1.82, 2.24) is 0 Å². The highest BCUT2D eigenvalue weighted by molar-refractivity contribution is 7.92. The summed E-state index contributed by atoms with van der Waals surface area (Å²) >= 11 is 0. The Bertz CT molecular complexity index is 941. The van der Waals surface area contributed by atoms with Crippen LogP contribution in [0.25, 0.3) is 0 Å². The predicted octanol–water partition coefficient (Wildman–Crippen LogP) is 4.31. The molecule has 1 N–H and O–H groups in total. The molecule has 0 unspecified atom stereocenters. The van der Waals surface area contributed by atoms with E-state index in [0.717, 1.165) is 17.8 Å². The van der Waals surface area contributed by atoms with E-state index in [0.29, 0.717) is 12.1 Å². The molecule has 3 aromatic rings. The largest absolute Gasteiger partial charge is 0.370 e. The van der Waals surface area contributed by atoms with Crippen molar-refractivity contribution in [1.29, 1.82) is 0 Å².